The highest BCUT2D eigenvalue weighted by Crippen LogP contribution is 2.09. The predicted octanol–water partition coefficient (Wildman–Crippen LogP) is 1.91. The van der Waals surface area contributed by atoms with Crippen LogP contribution < -0.4 is 11.1 Å². The first-order chi connectivity index (χ1) is 9.19. The zero-order valence-corrected chi connectivity index (χ0v) is 11.3. The Kier molecular flexibility index (Phi) is 4.18. The molecule has 0 aliphatic rings. The molecular formula is C14H19N5. The molecule has 1 aromatic heterocycles. The average Bonchev–Trinajstić information content (AvgIpc) is 2.78. The number of aryl methyl sites for hydroxylation is 2. The van der Waals surface area contributed by atoms with Gasteiger partial charge in [0, 0.05) is 24.5 Å². The normalized spacial score (nSPS) is 11.6. The molecule has 19 heavy (non-hydrogen) atoms. The molecule has 0 amide bonds. The van der Waals surface area contributed by atoms with Crippen molar-refractivity contribution in [1.29, 1.82) is 0 Å². The van der Waals surface area contributed by atoms with Gasteiger partial charge < -0.3 is 11.1 Å². The van der Waals surface area contributed by atoms with Gasteiger partial charge in [-0.15, -0.1) is 0 Å². The Hall–Kier alpha value is -2.30. The fraction of sp³-hybridized carbons (Fsp3) is 0.286. The quantitative estimate of drug-likeness (QED) is 0.649. The second-order valence-electron chi connectivity index (χ2n) is 4.32. The Balaban J connectivity index is 2.01. The maximum Gasteiger partial charge on any atom is 0.193 e. The van der Waals surface area contributed by atoms with Crippen molar-refractivity contribution >= 4 is 11.6 Å². The first-order valence-corrected chi connectivity index (χ1v) is 6.32. The smallest absolute Gasteiger partial charge is 0.193 e. The Labute approximate surface area is 113 Å². The molecule has 5 heteroatoms. The molecule has 0 atom stereocenters. The number of nitrogens with one attached hydrogen (secondary N) is 1. The minimum absolute atomic E-state index is 0.414. The summed E-state index contributed by atoms with van der Waals surface area (Å²) in [5.41, 5.74) is 8.98. The van der Waals surface area contributed by atoms with Gasteiger partial charge in [-0.25, -0.2) is 4.99 Å². The van der Waals surface area contributed by atoms with Gasteiger partial charge >= 0.3 is 0 Å². The lowest BCUT2D eigenvalue weighted by molar-refractivity contribution is 0.746. The molecule has 0 saturated carbocycles. The van der Waals surface area contributed by atoms with Crippen molar-refractivity contribution < 1.29 is 0 Å². The molecular weight excluding hydrogens is 238 g/mol. The van der Waals surface area contributed by atoms with Crippen LogP contribution >= 0.6 is 0 Å². The summed E-state index contributed by atoms with van der Waals surface area (Å²) in [5, 5.41) is 7.43. The third-order valence-electron chi connectivity index (χ3n) is 2.79. The van der Waals surface area contributed by atoms with Gasteiger partial charge in [0.05, 0.1) is 12.2 Å². The summed E-state index contributed by atoms with van der Waals surface area (Å²) < 4.78 is 1.81. The molecule has 2 rings (SSSR count). The van der Waals surface area contributed by atoms with Crippen molar-refractivity contribution in [2.75, 3.05) is 5.32 Å². The van der Waals surface area contributed by atoms with Crippen LogP contribution in [-0.2, 0) is 20.0 Å². The van der Waals surface area contributed by atoms with Crippen LogP contribution in [0.15, 0.2) is 41.5 Å². The van der Waals surface area contributed by atoms with Crippen molar-refractivity contribution in [2.24, 2.45) is 17.8 Å². The first-order valence-electron chi connectivity index (χ1n) is 6.32. The van der Waals surface area contributed by atoms with Crippen LogP contribution in [0.2, 0.25) is 0 Å². The molecule has 5 nitrogen and oxygen atoms in total. The third kappa shape index (κ3) is 3.58. The minimum Gasteiger partial charge on any atom is -0.370 e. The van der Waals surface area contributed by atoms with E-state index in [4.69, 9.17) is 5.73 Å². The summed E-state index contributed by atoms with van der Waals surface area (Å²) in [5.74, 6) is 0.414. The fourth-order valence-corrected chi connectivity index (χ4v) is 1.89. The van der Waals surface area contributed by atoms with Gasteiger partial charge in [-0.3, -0.25) is 4.68 Å². The molecule has 0 aliphatic carbocycles. The number of hydrogen-bond acceptors (Lipinski definition) is 2. The third-order valence-corrected chi connectivity index (χ3v) is 2.79. The Morgan fingerprint density at radius 1 is 1.37 bits per heavy atom. The molecule has 0 unspecified atom stereocenters. The number of nitrogens with two attached hydrogens (primary N) is 1. The van der Waals surface area contributed by atoms with E-state index in [1.165, 1.54) is 0 Å². The summed E-state index contributed by atoms with van der Waals surface area (Å²) >= 11 is 0. The van der Waals surface area contributed by atoms with Crippen LogP contribution in [0.25, 0.3) is 0 Å². The molecule has 1 aromatic carbocycles. The monoisotopic (exact) mass is 257 g/mol. The van der Waals surface area contributed by atoms with Crippen LogP contribution in [0.4, 0.5) is 5.69 Å². The molecule has 100 valence electrons. The van der Waals surface area contributed by atoms with Gasteiger partial charge in [0.1, 0.15) is 0 Å². The molecule has 0 bridgehead atoms. The van der Waals surface area contributed by atoms with E-state index in [-0.39, 0.29) is 0 Å². The Morgan fingerprint density at radius 3 is 2.79 bits per heavy atom. The van der Waals surface area contributed by atoms with E-state index in [9.17, 15) is 0 Å². The molecule has 0 spiro atoms. The van der Waals surface area contributed by atoms with Gasteiger partial charge in [-0.2, -0.15) is 5.10 Å². The number of para-hydroxylation sites is 1. The van der Waals surface area contributed by atoms with Crippen LogP contribution in [0.5, 0.6) is 0 Å². The van der Waals surface area contributed by atoms with Crippen LogP contribution in [0.3, 0.4) is 0 Å². The van der Waals surface area contributed by atoms with Gasteiger partial charge in [0.25, 0.3) is 0 Å². The number of rotatable bonds is 4. The molecule has 0 radical (unpaired) electrons. The number of aliphatic imine (C=N–C) groups is 1. The number of guanidine groups is 1. The van der Waals surface area contributed by atoms with E-state index >= 15 is 0 Å². The highest BCUT2D eigenvalue weighted by Gasteiger charge is 2.04. The van der Waals surface area contributed by atoms with E-state index in [2.05, 4.69) is 22.3 Å². The fourth-order valence-electron chi connectivity index (χ4n) is 1.89. The SMILES string of the molecule is CCc1nn(C)cc1CN=C(N)Nc1ccccc1. The summed E-state index contributed by atoms with van der Waals surface area (Å²) in [6.45, 7) is 2.63. The van der Waals surface area contributed by atoms with Gasteiger partial charge in [0.2, 0.25) is 0 Å². The maximum atomic E-state index is 5.86. The van der Waals surface area contributed by atoms with Gasteiger partial charge in [-0.1, -0.05) is 25.1 Å². The highest BCUT2D eigenvalue weighted by molar-refractivity contribution is 5.92. The molecule has 0 aliphatic heterocycles. The first kappa shape index (κ1) is 13.1. The lowest BCUT2D eigenvalue weighted by Crippen LogP contribution is -2.22. The van der Waals surface area contributed by atoms with Crippen LogP contribution in [-0.4, -0.2) is 15.7 Å². The van der Waals surface area contributed by atoms with E-state index in [0.29, 0.717) is 12.5 Å². The second kappa shape index (κ2) is 6.04. The zero-order chi connectivity index (χ0) is 13.7. The molecule has 0 fully saturated rings. The summed E-state index contributed by atoms with van der Waals surface area (Å²) in [6.07, 6.45) is 2.88. The number of nitrogens with zero attached hydrogens (tertiary/aromatic N) is 3. The number of aromatic nitrogens is 2. The lowest BCUT2D eigenvalue weighted by Gasteiger charge is -2.04. The lowest BCUT2D eigenvalue weighted by atomic mass is 10.2. The molecule has 2 aromatic rings. The van der Waals surface area contributed by atoms with Crippen molar-refractivity contribution in [1.82, 2.24) is 9.78 Å². The predicted molar refractivity (Wildman–Crippen MR) is 78.0 cm³/mol. The van der Waals surface area contributed by atoms with E-state index < -0.39 is 0 Å². The van der Waals surface area contributed by atoms with E-state index in [1.54, 1.807) is 0 Å². The molecule has 3 N–H and O–H groups in total. The highest BCUT2D eigenvalue weighted by atomic mass is 15.3. The number of benzene rings is 1. The van der Waals surface area contributed by atoms with E-state index in [1.807, 2.05) is 48.3 Å². The van der Waals surface area contributed by atoms with Crippen molar-refractivity contribution in [3.05, 3.63) is 47.8 Å². The second-order valence-corrected chi connectivity index (χ2v) is 4.32. The van der Waals surface area contributed by atoms with Crippen molar-refractivity contribution in [3.8, 4) is 0 Å². The largest absolute Gasteiger partial charge is 0.370 e. The summed E-state index contributed by atoms with van der Waals surface area (Å²) in [6, 6.07) is 9.76. The standard InChI is InChI=1S/C14H19N5/c1-3-13-11(10-19(2)18-13)9-16-14(15)17-12-7-5-4-6-8-12/h4-8,10H,3,9H2,1-2H3,(H3,15,16,17). The maximum absolute atomic E-state index is 5.86. The van der Waals surface area contributed by atoms with E-state index in [0.717, 1.165) is 23.4 Å². The molecule has 0 saturated heterocycles. The summed E-state index contributed by atoms with van der Waals surface area (Å²) in [7, 11) is 1.91. The van der Waals surface area contributed by atoms with Crippen LogP contribution in [0, 0.1) is 0 Å². The minimum atomic E-state index is 0.414. The number of hydrogen-bond donors (Lipinski definition) is 2. The van der Waals surface area contributed by atoms with Crippen molar-refractivity contribution in [2.45, 2.75) is 19.9 Å². The molecule has 1 heterocycles. The summed E-state index contributed by atoms with van der Waals surface area (Å²) in [4.78, 5) is 4.34. The average molecular weight is 257 g/mol. The van der Waals surface area contributed by atoms with Gasteiger partial charge in [0.15, 0.2) is 5.96 Å². The zero-order valence-electron chi connectivity index (χ0n) is 11.3. The Bertz CT molecular complexity index is 556. The topological polar surface area (TPSA) is 68.2 Å². The van der Waals surface area contributed by atoms with Crippen LogP contribution in [0.1, 0.15) is 18.2 Å². The van der Waals surface area contributed by atoms with Gasteiger partial charge in [-0.05, 0) is 18.6 Å². The number of anilines is 1. The van der Waals surface area contributed by atoms with Crippen molar-refractivity contribution in [3.63, 3.8) is 0 Å². The Morgan fingerprint density at radius 2 is 2.11 bits per heavy atom.